The largest absolute Gasteiger partial charge is 0.371 e. The lowest BCUT2D eigenvalue weighted by atomic mass is 10.1. The lowest BCUT2D eigenvalue weighted by molar-refractivity contribution is -0.121. The highest BCUT2D eigenvalue weighted by molar-refractivity contribution is 5.75. The number of carbonyl (C=O) groups is 1. The van der Waals surface area contributed by atoms with E-state index in [-0.39, 0.29) is 12.0 Å². The predicted octanol–water partition coefficient (Wildman–Crippen LogP) is 0.545. The molecule has 1 atom stereocenters. The third kappa shape index (κ3) is 2.81. The summed E-state index contributed by atoms with van der Waals surface area (Å²) in [6.07, 6.45) is 0.0503. The zero-order valence-electron chi connectivity index (χ0n) is 9.13. The average Bonchev–Trinajstić information content (AvgIpc) is 2.30. The van der Waals surface area contributed by atoms with Gasteiger partial charge in [0.1, 0.15) is 0 Å². The number of primary amides is 1. The van der Waals surface area contributed by atoms with Gasteiger partial charge in [0.05, 0.1) is 19.3 Å². The van der Waals surface area contributed by atoms with Crippen molar-refractivity contribution in [3.05, 3.63) is 35.9 Å². The fraction of sp³-hybridized carbons (Fsp3) is 0.417. The van der Waals surface area contributed by atoms with Crippen LogP contribution in [-0.4, -0.2) is 37.0 Å². The molecule has 0 radical (unpaired) electrons. The van der Waals surface area contributed by atoms with Crippen LogP contribution in [0, 0.1) is 0 Å². The van der Waals surface area contributed by atoms with Crippen LogP contribution >= 0.6 is 0 Å². The maximum atomic E-state index is 10.9. The van der Waals surface area contributed by atoms with E-state index in [1.54, 1.807) is 0 Å². The van der Waals surface area contributed by atoms with E-state index in [9.17, 15) is 4.79 Å². The van der Waals surface area contributed by atoms with E-state index in [0.29, 0.717) is 13.2 Å². The van der Waals surface area contributed by atoms with Crippen LogP contribution in [0.5, 0.6) is 0 Å². The summed E-state index contributed by atoms with van der Waals surface area (Å²) in [4.78, 5) is 12.9. The molecule has 2 N–H and O–H groups in total. The molecule has 2 rings (SSSR count). The lowest BCUT2D eigenvalue weighted by Crippen LogP contribution is -2.42. The summed E-state index contributed by atoms with van der Waals surface area (Å²) in [5.74, 6) is -0.284. The molecule has 1 aromatic carbocycles. The van der Waals surface area contributed by atoms with Crippen LogP contribution in [0.15, 0.2) is 30.3 Å². The van der Waals surface area contributed by atoms with Gasteiger partial charge in [-0.15, -0.1) is 0 Å². The van der Waals surface area contributed by atoms with Crippen LogP contribution in [0.4, 0.5) is 0 Å². The van der Waals surface area contributed by atoms with E-state index < -0.39 is 0 Å². The molecule has 1 aromatic rings. The molecule has 1 amide bonds. The minimum absolute atomic E-state index is 0.0503. The van der Waals surface area contributed by atoms with Crippen molar-refractivity contribution in [1.82, 2.24) is 4.90 Å². The highest BCUT2D eigenvalue weighted by Crippen LogP contribution is 2.21. The Morgan fingerprint density at radius 2 is 2.19 bits per heavy atom. The molecule has 4 heteroatoms. The zero-order valence-corrected chi connectivity index (χ0v) is 9.13. The van der Waals surface area contributed by atoms with Crippen LogP contribution in [-0.2, 0) is 9.53 Å². The van der Waals surface area contributed by atoms with Crippen molar-refractivity contribution in [2.24, 2.45) is 5.73 Å². The molecule has 1 heterocycles. The highest BCUT2D eigenvalue weighted by Gasteiger charge is 2.22. The number of nitrogens with two attached hydrogens (primary N) is 1. The summed E-state index contributed by atoms with van der Waals surface area (Å²) in [6, 6.07) is 10.0. The SMILES string of the molecule is NC(=O)CN1CCO[C@H](c2ccccc2)C1. The van der Waals surface area contributed by atoms with Crippen molar-refractivity contribution in [2.75, 3.05) is 26.2 Å². The zero-order chi connectivity index (χ0) is 11.4. The monoisotopic (exact) mass is 220 g/mol. The fourth-order valence-electron chi connectivity index (χ4n) is 1.94. The highest BCUT2D eigenvalue weighted by atomic mass is 16.5. The van der Waals surface area contributed by atoms with Crippen LogP contribution in [0.1, 0.15) is 11.7 Å². The molecule has 16 heavy (non-hydrogen) atoms. The van der Waals surface area contributed by atoms with E-state index in [1.807, 2.05) is 35.2 Å². The summed E-state index contributed by atoms with van der Waals surface area (Å²) in [5.41, 5.74) is 6.34. The number of hydrogen-bond donors (Lipinski definition) is 1. The summed E-state index contributed by atoms with van der Waals surface area (Å²) in [6.45, 7) is 2.46. The molecule has 0 bridgehead atoms. The second-order valence-electron chi connectivity index (χ2n) is 3.97. The molecule has 0 saturated carbocycles. The Morgan fingerprint density at radius 3 is 2.88 bits per heavy atom. The molecule has 0 aromatic heterocycles. The van der Waals surface area contributed by atoms with Crippen molar-refractivity contribution in [3.8, 4) is 0 Å². The molecule has 86 valence electrons. The first-order chi connectivity index (χ1) is 7.75. The van der Waals surface area contributed by atoms with E-state index in [1.165, 1.54) is 0 Å². The van der Waals surface area contributed by atoms with Gasteiger partial charge in [0.15, 0.2) is 0 Å². The summed E-state index contributed by atoms with van der Waals surface area (Å²) in [5, 5.41) is 0. The molecular formula is C12H16N2O2. The fourth-order valence-corrected chi connectivity index (χ4v) is 1.94. The minimum Gasteiger partial charge on any atom is -0.371 e. The molecule has 0 spiro atoms. The average molecular weight is 220 g/mol. The molecule has 0 aliphatic carbocycles. The van der Waals surface area contributed by atoms with E-state index in [2.05, 4.69) is 0 Å². The Hall–Kier alpha value is -1.39. The van der Waals surface area contributed by atoms with Crippen molar-refractivity contribution in [3.63, 3.8) is 0 Å². The van der Waals surface area contributed by atoms with Crippen LogP contribution < -0.4 is 5.73 Å². The van der Waals surface area contributed by atoms with Gasteiger partial charge in [-0.1, -0.05) is 30.3 Å². The molecule has 1 fully saturated rings. The Labute approximate surface area is 95.0 Å². The van der Waals surface area contributed by atoms with Gasteiger partial charge >= 0.3 is 0 Å². The van der Waals surface area contributed by atoms with Crippen molar-refractivity contribution >= 4 is 5.91 Å². The standard InChI is InChI=1S/C12H16N2O2/c13-12(15)9-14-6-7-16-11(8-14)10-4-2-1-3-5-10/h1-5,11H,6-9H2,(H2,13,15)/t11-/m0/s1. The maximum absolute atomic E-state index is 10.9. The van der Waals surface area contributed by atoms with Crippen LogP contribution in [0.25, 0.3) is 0 Å². The molecule has 0 unspecified atom stereocenters. The van der Waals surface area contributed by atoms with E-state index in [4.69, 9.17) is 10.5 Å². The second kappa shape index (κ2) is 5.09. The van der Waals surface area contributed by atoms with Gasteiger partial charge in [0.25, 0.3) is 0 Å². The summed E-state index contributed by atoms with van der Waals surface area (Å²) in [7, 11) is 0. The first-order valence-electron chi connectivity index (χ1n) is 5.43. The van der Waals surface area contributed by atoms with Gasteiger partial charge < -0.3 is 10.5 Å². The predicted molar refractivity (Wildman–Crippen MR) is 60.8 cm³/mol. The van der Waals surface area contributed by atoms with Crippen molar-refractivity contribution < 1.29 is 9.53 Å². The van der Waals surface area contributed by atoms with Gasteiger partial charge in [-0.05, 0) is 5.56 Å². The molecular weight excluding hydrogens is 204 g/mol. The summed E-state index contributed by atoms with van der Waals surface area (Å²) >= 11 is 0. The van der Waals surface area contributed by atoms with Gasteiger partial charge in [0, 0.05) is 13.1 Å². The smallest absolute Gasteiger partial charge is 0.231 e. The number of morpholine rings is 1. The number of rotatable bonds is 3. The second-order valence-corrected chi connectivity index (χ2v) is 3.97. The van der Waals surface area contributed by atoms with Gasteiger partial charge in [0.2, 0.25) is 5.91 Å². The number of nitrogens with zero attached hydrogens (tertiary/aromatic N) is 1. The summed E-state index contributed by atoms with van der Waals surface area (Å²) < 4.78 is 5.68. The maximum Gasteiger partial charge on any atom is 0.231 e. The molecule has 1 aliphatic rings. The third-order valence-corrected chi connectivity index (χ3v) is 2.70. The van der Waals surface area contributed by atoms with Crippen molar-refractivity contribution in [2.45, 2.75) is 6.10 Å². The number of hydrogen-bond acceptors (Lipinski definition) is 3. The third-order valence-electron chi connectivity index (χ3n) is 2.70. The van der Waals surface area contributed by atoms with E-state index >= 15 is 0 Å². The van der Waals surface area contributed by atoms with Crippen LogP contribution in [0.2, 0.25) is 0 Å². The number of ether oxygens (including phenoxy) is 1. The Kier molecular flexibility index (Phi) is 3.54. The van der Waals surface area contributed by atoms with Gasteiger partial charge in [-0.2, -0.15) is 0 Å². The minimum atomic E-state index is -0.284. The number of amides is 1. The molecule has 1 aliphatic heterocycles. The lowest BCUT2D eigenvalue weighted by Gasteiger charge is -2.32. The molecule has 1 saturated heterocycles. The normalized spacial score (nSPS) is 21.9. The Morgan fingerprint density at radius 1 is 1.44 bits per heavy atom. The quantitative estimate of drug-likeness (QED) is 0.809. The topological polar surface area (TPSA) is 55.6 Å². The Balaban J connectivity index is 1.99. The van der Waals surface area contributed by atoms with E-state index in [0.717, 1.165) is 18.7 Å². The molecule has 4 nitrogen and oxygen atoms in total. The van der Waals surface area contributed by atoms with Crippen LogP contribution in [0.3, 0.4) is 0 Å². The first kappa shape index (κ1) is 11.1. The van der Waals surface area contributed by atoms with Gasteiger partial charge in [-0.25, -0.2) is 0 Å². The van der Waals surface area contributed by atoms with Crippen molar-refractivity contribution in [1.29, 1.82) is 0 Å². The first-order valence-corrected chi connectivity index (χ1v) is 5.43. The van der Waals surface area contributed by atoms with Gasteiger partial charge in [-0.3, -0.25) is 9.69 Å². The number of benzene rings is 1. The Bertz CT molecular complexity index is 353. The number of carbonyl (C=O) groups excluding carboxylic acids is 1.